The van der Waals surface area contributed by atoms with Crippen LogP contribution in [0.1, 0.15) is 30.3 Å². The van der Waals surface area contributed by atoms with Crippen molar-refractivity contribution >= 4 is 55.6 Å². The van der Waals surface area contributed by atoms with Crippen molar-refractivity contribution in [1.82, 2.24) is 14.2 Å². The van der Waals surface area contributed by atoms with E-state index in [-0.39, 0.29) is 5.56 Å². The van der Waals surface area contributed by atoms with Crippen molar-refractivity contribution in [1.29, 1.82) is 0 Å². The normalized spacial score (nSPS) is 11.7. The summed E-state index contributed by atoms with van der Waals surface area (Å²) in [6.45, 7) is 2.70. The molecule has 5 aromatic rings. The van der Waals surface area contributed by atoms with Crippen molar-refractivity contribution in [3.05, 3.63) is 110 Å². The molecule has 0 amide bonds. The van der Waals surface area contributed by atoms with Crippen LogP contribution in [0.15, 0.2) is 87.3 Å². The standard InChI is InChI=1S/C27H22BrClN4O/c1-2-7-26-31-24-13-12-20(28)14-22(24)27(34)33(26)30-15-19-17-32(25-11-6-4-9-21(19)25)16-18-8-3-5-10-23(18)29/h3-6,8-15,17H,2,7,16H2,1H3. The number of para-hydroxylation sites is 1. The molecule has 0 saturated heterocycles. The van der Waals surface area contributed by atoms with Crippen LogP contribution in [0.2, 0.25) is 5.02 Å². The first-order valence-electron chi connectivity index (χ1n) is 11.1. The van der Waals surface area contributed by atoms with Gasteiger partial charge in [-0.05, 0) is 42.3 Å². The lowest BCUT2D eigenvalue weighted by atomic mass is 10.2. The van der Waals surface area contributed by atoms with Gasteiger partial charge in [0.05, 0.1) is 17.1 Å². The second-order valence-electron chi connectivity index (χ2n) is 8.12. The van der Waals surface area contributed by atoms with Crippen LogP contribution < -0.4 is 5.56 Å². The highest BCUT2D eigenvalue weighted by atomic mass is 79.9. The van der Waals surface area contributed by atoms with Crippen LogP contribution in [-0.2, 0) is 13.0 Å². The molecule has 7 heteroatoms. The number of halogens is 2. The molecular weight excluding hydrogens is 512 g/mol. The summed E-state index contributed by atoms with van der Waals surface area (Å²) in [4.78, 5) is 18.0. The van der Waals surface area contributed by atoms with E-state index in [0.717, 1.165) is 37.9 Å². The highest BCUT2D eigenvalue weighted by molar-refractivity contribution is 9.10. The Balaban J connectivity index is 1.61. The maximum atomic E-state index is 13.3. The highest BCUT2D eigenvalue weighted by Crippen LogP contribution is 2.24. The van der Waals surface area contributed by atoms with Gasteiger partial charge in [-0.15, -0.1) is 0 Å². The van der Waals surface area contributed by atoms with E-state index < -0.39 is 0 Å². The third-order valence-electron chi connectivity index (χ3n) is 5.78. The fourth-order valence-electron chi connectivity index (χ4n) is 4.14. The lowest BCUT2D eigenvalue weighted by molar-refractivity contribution is 0.704. The molecule has 170 valence electrons. The summed E-state index contributed by atoms with van der Waals surface area (Å²) >= 11 is 9.86. The average molecular weight is 534 g/mol. The molecule has 5 rings (SSSR count). The quantitative estimate of drug-likeness (QED) is 0.229. The third-order valence-corrected chi connectivity index (χ3v) is 6.64. The molecule has 0 N–H and O–H groups in total. The van der Waals surface area contributed by atoms with Crippen LogP contribution in [0, 0.1) is 0 Å². The van der Waals surface area contributed by atoms with Crippen molar-refractivity contribution in [3.63, 3.8) is 0 Å². The fourth-order valence-corrected chi connectivity index (χ4v) is 4.69. The zero-order valence-corrected chi connectivity index (χ0v) is 20.9. The molecule has 0 radical (unpaired) electrons. The molecule has 2 heterocycles. The van der Waals surface area contributed by atoms with Crippen LogP contribution in [0.5, 0.6) is 0 Å². The van der Waals surface area contributed by atoms with Crippen molar-refractivity contribution in [2.75, 3.05) is 0 Å². The van der Waals surface area contributed by atoms with E-state index >= 15 is 0 Å². The summed E-state index contributed by atoms with van der Waals surface area (Å²) < 4.78 is 4.42. The molecule has 34 heavy (non-hydrogen) atoms. The molecular formula is C27H22BrClN4O. The molecule has 0 spiro atoms. The van der Waals surface area contributed by atoms with Gasteiger partial charge in [0.25, 0.3) is 5.56 Å². The largest absolute Gasteiger partial charge is 0.342 e. The van der Waals surface area contributed by atoms with Gasteiger partial charge in [-0.2, -0.15) is 9.78 Å². The molecule has 0 aliphatic carbocycles. The Labute approximate surface area is 210 Å². The number of nitrogens with zero attached hydrogens (tertiary/aromatic N) is 4. The minimum absolute atomic E-state index is 0.175. The molecule has 0 atom stereocenters. The maximum absolute atomic E-state index is 13.3. The molecule has 5 nitrogen and oxygen atoms in total. The maximum Gasteiger partial charge on any atom is 0.282 e. The molecule has 0 bridgehead atoms. The molecule has 0 aliphatic rings. The van der Waals surface area contributed by atoms with Gasteiger partial charge in [0.15, 0.2) is 0 Å². The number of hydrogen-bond acceptors (Lipinski definition) is 3. The molecule has 0 aliphatic heterocycles. The predicted octanol–water partition coefficient (Wildman–Crippen LogP) is 6.65. The summed E-state index contributed by atoms with van der Waals surface area (Å²) in [7, 11) is 0. The zero-order chi connectivity index (χ0) is 23.7. The molecule has 3 aromatic carbocycles. The van der Waals surface area contributed by atoms with Gasteiger partial charge in [0.1, 0.15) is 5.82 Å². The van der Waals surface area contributed by atoms with E-state index in [1.807, 2.05) is 54.7 Å². The summed E-state index contributed by atoms with van der Waals surface area (Å²) in [6.07, 6.45) is 5.32. The number of hydrogen-bond donors (Lipinski definition) is 0. The fraction of sp³-hybridized carbons (Fsp3) is 0.148. The topological polar surface area (TPSA) is 52.2 Å². The molecule has 0 fully saturated rings. The first-order chi connectivity index (χ1) is 16.5. The second kappa shape index (κ2) is 9.57. The van der Waals surface area contributed by atoms with Crippen LogP contribution in [0.25, 0.3) is 21.8 Å². The summed E-state index contributed by atoms with van der Waals surface area (Å²) in [5.41, 5.74) is 3.54. The van der Waals surface area contributed by atoms with E-state index in [1.165, 1.54) is 4.68 Å². The third kappa shape index (κ3) is 4.31. The van der Waals surface area contributed by atoms with Crippen LogP contribution in [0.4, 0.5) is 0 Å². The second-order valence-corrected chi connectivity index (χ2v) is 9.44. The number of rotatable bonds is 6. The minimum Gasteiger partial charge on any atom is -0.342 e. The van der Waals surface area contributed by atoms with Crippen LogP contribution in [0.3, 0.4) is 0 Å². The summed E-state index contributed by atoms with van der Waals surface area (Å²) in [5, 5.41) is 6.95. The van der Waals surface area contributed by atoms with Crippen molar-refractivity contribution < 1.29 is 0 Å². The average Bonchev–Trinajstić information content (AvgIpc) is 3.18. The molecule has 0 unspecified atom stereocenters. The van der Waals surface area contributed by atoms with E-state index in [9.17, 15) is 4.79 Å². The lowest BCUT2D eigenvalue weighted by Crippen LogP contribution is -2.22. The summed E-state index contributed by atoms with van der Waals surface area (Å²) in [6, 6.07) is 21.5. The van der Waals surface area contributed by atoms with E-state index in [1.54, 1.807) is 12.3 Å². The Morgan fingerprint density at radius 3 is 2.68 bits per heavy atom. The van der Waals surface area contributed by atoms with Gasteiger partial charge in [-0.3, -0.25) is 4.79 Å². The molecule has 0 saturated carbocycles. The van der Waals surface area contributed by atoms with E-state index in [4.69, 9.17) is 16.6 Å². The van der Waals surface area contributed by atoms with Gasteiger partial charge in [0, 0.05) is 45.1 Å². The first kappa shape index (κ1) is 22.6. The van der Waals surface area contributed by atoms with Crippen molar-refractivity contribution in [2.24, 2.45) is 5.10 Å². The predicted molar refractivity (Wildman–Crippen MR) is 143 cm³/mol. The monoisotopic (exact) mass is 532 g/mol. The number of fused-ring (bicyclic) bond motifs is 2. The number of benzene rings is 3. The molecule has 2 aromatic heterocycles. The number of aromatic nitrogens is 3. The lowest BCUT2D eigenvalue weighted by Gasteiger charge is -2.08. The SMILES string of the molecule is CCCc1nc2ccc(Br)cc2c(=O)n1N=Cc1cn(Cc2ccccc2Cl)c2ccccc12. The Morgan fingerprint density at radius 1 is 1.06 bits per heavy atom. The Kier molecular flexibility index (Phi) is 6.35. The van der Waals surface area contributed by atoms with Gasteiger partial charge in [-0.25, -0.2) is 4.98 Å². The summed E-state index contributed by atoms with van der Waals surface area (Å²) in [5.74, 6) is 0.651. The first-order valence-corrected chi connectivity index (χ1v) is 12.3. The smallest absolute Gasteiger partial charge is 0.282 e. The highest BCUT2D eigenvalue weighted by Gasteiger charge is 2.12. The van der Waals surface area contributed by atoms with Gasteiger partial charge in [0.2, 0.25) is 0 Å². The van der Waals surface area contributed by atoms with Crippen molar-refractivity contribution in [2.45, 2.75) is 26.3 Å². The Bertz CT molecular complexity index is 1600. The van der Waals surface area contributed by atoms with Gasteiger partial charge < -0.3 is 4.57 Å². The van der Waals surface area contributed by atoms with E-state index in [0.29, 0.717) is 29.7 Å². The van der Waals surface area contributed by atoms with Crippen molar-refractivity contribution in [3.8, 4) is 0 Å². The van der Waals surface area contributed by atoms with Gasteiger partial charge >= 0.3 is 0 Å². The van der Waals surface area contributed by atoms with Crippen LogP contribution in [-0.4, -0.2) is 20.4 Å². The number of aryl methyl sites for hydroxylation is 1. The van der Waals surface area contributed by atoms with Gasteiger partial charge in [-0.1, -0.05) is 70.9 Å². The van der Waals surface area contributed by atoms with Crippen LogP contribution >= 0.6 is 27.5 Å². The minimum atomic E-state index is -0.175. The Morgan fingerprint density at radius 2 is 1.85 bits per heavy atom. The van der Waals surface area contributed by atoms with E-state index in [2.05, 4.69) is 44.7 Å². The Hall–Kier alpha value is -3.22. The zero-order valence-electron chi connectivity index (χ0n) is 18.6.